The fourth-order valence-corrected chi connectivity index (χ4v) is 3.55. The van der Waals surface area contributed by atoms with Gasteiger partial charge in [0.15, 0.2) is 17.3 Å². The average Bonchev–Trinajstić information content (AvgIpc) is 3.07. The molecular weight excluding hydrogens is 306 g/mol. The first kappa shape index (κ1) is 15.5. The second-order valence-corrected chi connectivity index (χ2v) is 7.55. The van der Waals surface area contributed by atoms with Crippen LogP contribution in [0.5, 0.6) is 0 Å². The number of hydrogen-bond donors (Lipinski definition) is 2. The summed E-state index contributed by atoms with van der Waals surface area (Å²) in [5.41, 5.74) is -0.0732. The molecule has 0 aromatic carbocycles. The molecule has 7 heteroatoms. The third-order valence-electron chi connectivity index (χ3n) is 4.91. The summed E-state index contributed by atoms with van der Waals surface area (Å²) in [5.74, 6) is 1.52. The van der Waals surface area contributed by atoms with Gasteiger partial charge in [-0.2, -0.15) is 0 Å². The van der Waals surface area contributed by atoms with Crippen molar-refractivity contribution in [2.45, 2.75) is 37.9 Å². The molecule has 2 aromatic heterocycles. The van der Waals surface area contributed by atoms with Crippen molar-refractivity contribution in [2.24, 2.45) is 0 Å². The van der Waals surface area contributed by atoms with E-state index in [1.54, 1.807) is 6.20 Å². The molecule has 4 rings (SSSR count). The van der Waals surface area contributed by atoms with Crippen molar-refractivity contribution in [3.8, 4) is 0 Å². The van der Waals surface area contributed by atoms with Crippen LogP contribution in [0.25, 0.3) is 11.2 Å². The molecule has 2 N–H and O–H groups in total. The predicted molar refractivity (Wildman–Crippen MR) is 92.2 cm³/mol. The Balaban J connectivity index is 1.79. The maximum atomic E-state index is 10.3. The third-order valence-corrected chi connectivity index (χ3v) is 4.91. The van der Waals surface area contributed by atoms with Gasteiger partial charge < -0.3 is 20.0 Å². The SMILES string of the molecule is CC1(O)CCN(c2nc3cccnc3nc2N2CCC(C)(O)C2)C1. The predicted octanol–water partition coefficient (Wildman–Crippen LogP) is 0.947. The Kier molecular flexibility index (Phi) is 3.40. The highest BCUT2D eigenvalue weighted by Crippen LogP contribution is 2.35. The van der Waals surface area contributed by atoms with Crippen LogP contribution in [0.3, 0.4) is 0 Å². The van der Waals surface area contributed by atoms with Gasteiger partial charge in [-0.05, 0) is 38.8 Å². The van der Waals surface area contributed by atoms with Crippen LogP contribution in [0.15, 0.2) is 18.3 Å². The molecule has 128 valence electrons. The van der Waals surface area contributed by atoms with Crippen molar-refractivity contribution in [1.29, 1.82) is 0 Å². The van der Waals surface area contributed by atoms with Gasteiger partial charge in [-0.25, -0.2) is 15.0 Å². The summed E-state index contributed by atoms with van der Waals surface area (Å²) in [6.07, 6.45) is 3.12. The number of pyridine rings is 1. The number of aromatic nitrogens is 3. The number of β-amino-alcohol motifs (C(OH)–C–C–N with tert-alkyl or cyclic N) is 2. The van der Waals surface area contributed by atoms with E-state index in [0.717, 1.165) is 30.2 Å². The van der Waals surface area contributed by atoms with Crippen LogP contribution in [0.2, 0.25) is 0 Å². The minimum absolute atomic E-state index is 0.525. The van der Waals surface area contributed by atoms with Crippen LogP contribution >= 0.6 is 0 Å². The molecule has 2 aliphatic rings. The highest BCUT2D eigenvalue weighted by atomic mass is 16.3. The summed E-state index contributed by atoms with van der Waals surface area (Å²) in [7, 11) is 0. The molecule has 2 atom stereocenters. The van der Waals surface area contributed by atoms with Crippen LogP contribution in [-0.4, -0.2) is 62.5 Å². The molecule has 24 heavy (non-hydrogen) atoms. The molecule has 0 saturated carbocycles. The highest BCUT2D eigenvalue weighted by Gasteiger charge is 2.37. The lowest BCUT2D eigenvalue weighted by Gasteiger charge is -2.27. The van der Waals surface area contributed by atoms with Crippen molar-refractivity contribution < 1.29 is 10.2 Å². The molecule has 0 bridgehead atoms. The summed E-state index contributed by atoms with van der Waals surface area (Å²) in [4.78, 5) is 18.0. The Morgan fingerprint density at radius 2 is 1.54 bits per heavy atom. The first-order valence-corrected chi connectivity index (χ1v) is 8.41. The van der Waals surface area contributed by atoms with Crippen LogP contribution in [0.1, 0.15) is 26.7 Å². The summed E-state index contributed by atoms with van der Waals surface area (Å²) in [6.45, 7) is 6.23. The van der Waals surface area contributed by atoms with E-state index in [0.29, 0.717) is 31.6 Å². The van der Waals surface area contributed by atoms with Gasteiger partial charge in [0, 0.05) is 32.4 Å². The van der Waals surface area contributed by atoms with Crippen molar-refractivity contribution in [3.63, 3.8) is 0 Å². The van der Waals surface area contributed by atoms with E-state index in [4.69, 9.17) is 9.97 Å². The van der Waals surface area contributed by atoms with Gasteiger partial charge in [-0.1, -0.05) is 0 Å². The minimum Gasteiger partial charge on any atom is -0.388 e. The van der Waals surface area contributed by atoms with Crippen molar-refractivity contribution in [3.05, 3.63) is 18.3 Å². The summed E-state index contributed by atoms with van der Waals surface area (Å²) >= 11 is 0. The van der Waals surface area contributed by atoms with Gasteiger partial charge in [-0.3, -0.25) is 0 Å². The Labute approximate surface area is 141 Å². The van der Waals surface area contributed by atoms with Gasteiger partial charge in [0.05, 0.1) is 11.2 Å². The molecule has 2 fully saturated rings. The molecule has 0 aliphatic carbocycles. The molecule has 2 aromatic rings. The third kappa shape index (κ3) is 2.78. The molecule has 0 spiro atoms. The van der Waals surface area contributed by atoms with Gasteiger partial charge >= 0.3 is 0 Å². The van der Waals surface area contributed by atoms with E-state index in [1.807, 2.05) is 26.0 Å². The largest absolute Gasteiger partial charge is 0.388 e. The van der Waals surface area contributed by atoms with E-state index < -0.39 is 11.2 Å². The quantitative estimate of drug-likeness (QED) is 0.848. The topological polar surface area (TPSA) is 85.6 Å². The molecule has 2 unspecified atom stereocenters. The first-order chi connectivity index (χ1) is 11.3. The second-order valence-electron chi connectivity index (χ2n) is 7.55. The summed E-state index contributed by atoms with van der Waals surface area (Å²) in [6, 6.07) is 3.75. The Morgan fingerprint density at radius 3 is 2.08 bits per heavy atom. The Hall–Kier alpha value is -1.99. The molecule has 4 heterocycles. The standard InChI is InChI=1S/C17H23N5O2/c1-16(23)5-8-21(10-16)14-15(22-9-6-17(2,24)11-22)20-13-12(19-14)4-3-7-18-13/h3-4,7,23-24H,5-6,8-11H2,1-2H3. The van der Waals surface area contributed by atoms with Crippen molar-refractivity contribution in [2.75, 3.05) is 36.0 Å². The van der Waals surface area contributed by atoms with E-state index in [2.05, 4.69) is 14.8 Å². The maximum absolute atomic E-state index is 10.3. The zero-order valence-corrected chi connectivity index (χ0v) is 14.1. The van der Waals surface area contributed by atoms with Gasteiger partial charge in [-0.15, -0.1) is 0 Å². The van der Waals surface area contributed by atoms with Crippen LogP contribution < -0.4 is 9.80 Å². The maximum Gasteiger partial charge on any atom is 0.180 e. The smallest absolute Gasteiger partial charge is 0.180 e. The first-order valence-electron chi connectivity index (χ1n) is 8.41. The fraction of sp³-hybridized carbons (Fsp3) is 0.588. The van der Waals surface area contributed by atoms with Gasteiger partial charge in [0.1, 0.15) is 5.52 Å². The Morgan fingerprint density at radius 1 is 0.958 bits per heavy atom. The van der Waals surface area contributed by atoms with Gasteiger partial charge in [0.25, 0.3) is 0 Å². The minimum atomic E-state index is -0.714. The zero-order chi connectivity index (χ0) is 16.9. The van der Waals surface area contributed by atoms with Crippen molar-refractivity contribution >= 4 is 22.8 Å². The molecule has 0 amide bonds. The van der Waals surface area contributed by atoms with Crippen LogP contribution in [0.4, 0.5) is 11.6 Å². The second kappa shape index (κ2) is 5.26. The molecular formula is C17H23N5O2. The average molecular weight is 329 g/mol. The molecule has 2 saturated heterocycles. The number of rotatable bonds is 2. The molecule has 7 nitrogen and oxygen atoms in total. The summed E-state index contributed by atoms with van der Waals surface area (Å²) < 4.78 is 0. The van der Waals surface area contributed by atoms with E-state index in [9.17, 15) is 10.2 Å². The van der Waals surface area contributed by atoms with Crippen LogP contribution in [0, 0.1) is 0 Å². The summed E-state index contributed by atoms with van der Waals surface area (Å²) in [5, 5.41) is 20.6. The Bertz CT molecular complexity index is 712. The lowest BCUT2D eigenvalue weighted by atomic mass is 10.1. The van der Waals surface area contributed by atoms with E-state index in [1.165, 1.54) is 0 Å². The number of hydrogen-bond acceptors (Lipinski definition) is 7. The van der Waals surface area contributed by atoms with E-state index in [-0.39, 0.29) is 0 Å². The number of anilines is 2. The van der Waals surface area contributed by atoms with Crippen LogP contribution in [-0.2, 0) is 0 Å². The molecule has 0 radical (unpaired) electrons. The normalized spacial score (nSPS) is 30.5. The number of aliphatic hydroxyl groups is 2. The zero-order valence-electron chi connectivity index (χ0n) is 14.1. The van der Waals surface area contributed by atoms with Gasteiger partial charge in [0.2, 0.25) is 0 Å². The highest BCUT2D eigenvalue weighted by molar-refractivity contribution is 5.78. The van der Waals surface area contributed by atoms with E-state index >= 15 is 0 Å². The number of fused-ring (bicyclic) bond motifs is 1. The lowest BCUT2D eigenvalue weighted by molar-refractivity contribution is 0.0830. The monoisotopic (exact) mass is 329 g/mol. The lowest BCUT2D eigenvalue weighted by Crippen LogP contribution is -2.34. The van der Waals surface area contributed by atoms with Crippen molar-refractivity contribution in [1.82, 2.24) is 15.0 Å². The fourth-order valence-electron chi connectivity index (χ4n) is 3.55. The number of nitrogens with zero attached hydrogens (tertiary/aromatic N) is 5. The molecule has 2 aliphatic heterocycles.